The Morgan fingerprint density at radius 3 is 2.50 bits per heavy atom. The molecule has 0 aromatic rings. The first-order valence-electron chi connectivity index (χ1n) is 6.80. The largest absolute Gasteiger partial charge is 0.480 e. The van der Waals surface area contributed by atoms with Gasteiger partial charge in [-0.2, -0.15) is 0 Å². The van der Waals surface area contributed by atoms with Crippen LogP contribution in [0.1, 0.15) is 51.9 Å². The summed E-state index contributed by atoms with van der Waals surface area (Å²) < 4.78 is 5.12. The zero-order valence-electron chi connectivity index (χ0n) is 11.1. The van der Waals surface area contributed by atoms with E-state index in [4.69, 9.17) is 9.84 Å². The molecule has 5 nitrogen and oxygen atoms in total. The molecular formula is C13H23NO4. The van der Waals surface area contributed by atoms with E-state index in [1.165, 1.54) is 11.3 Å². The van der Waals surface area contributed by atoms with Crippen LogP contribution in [0.5, 0.6) is 0 Å². The molecule has 0 heterocycles. The van der Waals surface area contributed by atoms with Crippen molar-refractivity contribution in [3.8, 4) is 0 Å². The van der Waals surface area contributed by atoms with Crippen molar-refractivity contribution < 1.29 is 19.4 Å². The van der Waals surface area contributed by atoms with E-state index in [0.717, 1.165) is 38.5 Å². The SMILES string of the molecule is CCCCOC(=O)N(CC(=O)O)C1CCCCC1. The summed E-state index contributed by atoms with van der Waals surface area (Å²) in [6.07, 6.45) is 6.35. The fourth-order valence-corrected chi connectivity index (χ4v) is 2.27. The number of carbonyl (C=O) groups excluding carboxylic acids is 1. The number of unbranched alkanes of at least 4 members (excludes halogenated alkanes) is 1. The van der Waals surface area contributed by atoms with Crippen molar-refractivity contribution in [1.82, 2.24) is 4.90 Å². The molecule has 1 N–H and O–H groups in total. The normalized spacial score (nSPS) is 16.3. The number of hydrogen-bond donors (Lipinski definition) is 1. The highest BCUT2D eigenvalue weighted by Crippen LogP contribution is 2.23. The Morgan fingerprint density at radius 1 is 1.28 bits per heavy atom. The quantitative estimate of drug-likeness (QED) is 0.743. The van der Waals surface area contributed by atoms with E-state index in [-0.39, 0.29) is 12.6 Å². The van der Waals surface area contributed by atoms with Crippen molar-refractivity contribution in [1.29, 1.82) is 0 Å². The number of nitrogens with zero attached hydrogens (tertiary/aromatic N) is 1. The lowest BCUT2D eigenvalue weighted by Crippen LogP contribution is -2.44. The van der Waals surface area contributed by atoms with Crippen LogP contribution in [0, 0.1) is 0 Å². The Kier molecular flexibility index (Phi) is 6.54. The van der Waals surface area contributed by atoms with E-state index >= 15 is 0 Å². The van der Waals surface area contributed by atoms with Gasteiger partial charge in [0.15, 0.2) is 0 Å². The highest BCUT2D eigenvalue weighted by atomic mass is 16.6. The average molecular weight is 257 g/mol. The van der Waals surface area contributed by atoms with Gasteiger partial charge in [0, 0.05) is 6.04 Å². The number of ether oxygens (including phenoxy) is 1. The average Bonchev–Trinajstić information content (AvgIpc) is 2.37. The van der Waals surface area contributed by atoms with Gasteiger partial charge in [0.2, 0.25) is 0 Å². The van der Waals surface area contributed by atoms with Crippen LogP contribution in [0.4, 0.5) is 4.79 Å². The van der Waals surface area contributed by atoms with Gasteiger partial charge in [-0.25, -0.2) is 4.79 Å². The second-order valence-electron chi connectivity index (χ2n) is 4.78. The van der Waals surface area contributed by atoms with Gasteiger partial charge < -0.3 is 9.84 Å². The van der Waals surface area contributed by atoms with Crippen LogP contribution in [0.15, 0.2) is 0 Å². The molecule has 0 aromatic heterocycles. The summed E-state index contributed by atoms with van der Waals surface area (Å²) in [7, 11) is 0. The summed E-state index contributed by atoms with van der Waals surface area (Å²) in [6, 6.07) is 0.0315. The molecule has 0 saturated heterocycles. The van der Waals surface area contributed by atoms with Crippen LogP contribution in [0.2, 0.25) is 0 Å². The van der Waals surface area contributed by atoms with Gasteiger partial charge in [0.1, 0.15) is 6.54 Å². The summed E-state index contributed by atoms with van der Waals surface area (Å²) >= 11 is 0. The van der Waals surface area contributed by atoms with Gasteiger partial charge in [-0.1, -0.05) is 32.6 Å². The first-order chi connectivity index (χ1) is 8.65. The minimum atomic E-state index is -0.979. The van der Waals surface area contributed by atoms with Crippen molar-refractivity contribution in [3.63, 3.8) is 0 Å². The summed E-state index contributed by atoms with van der Waals surface area (Å²) in [4.78, 5) is 24.1. The molecule has 104 valence electrons. The predicted octanol–water partition coefficient (Wildman–Crippen LogP) is 2.64. The lowest BCUT2D eigenvalue weighted by atomic mass is 9.94. The lowest BCUT2D eigenvalue weighted by Gasteiger charge is -2.32. The van der Waals surface area contributed by atoms with Crippen LogP contribution in [0.25, 0.3) is 0 Å². The molecule has 0 aliphatic heterocycles. The van der Waals surface area contributed by atoms with Crippen molar-refractivity contribution in [2.24, 2.45) is 0 Å². The fourth-order valence-electron chi connectivity index (χ4n) is 2.27. The standard InChI is InChI=1S/C13H23NO4/c1-2-3-9-18-13(17)14(10-12(15)16)11-7-5-4-6-8-11/h11H,2-10H2,1H3,(H,15,16). The van der Waals surface area contributed by atoms with Crippen LogP contribution >= 0.6 is 0 Å². The molecule has 0 spiro atoms. The summed E-state index contributed by atoms with van der Waals surface area (Å²) in [5.41, 5.74) is 0. The molecule has 0 unspecified atom stereocenters. The Bertz CT molecular complexity index is 274. The number of hydrogen-bond acceptors (Lipinski definition) is 3. The molecule has 1 aliphatic rings. The van der Waals surface area contributed by atoms with E-state index < -0.39 is 12.1 Å². The third-order valence-corrected chi connectivity index (χ3v) is 3.28. The highest BCUT2D eigenvalue weighted by Gasteiger charge is 2.28. The van der Waals surface area contributed by atoms with Crippen LogP contribution in [-0.4, -0.2) is 41.3 Å². The maximum atomic E-state index is 11.9. The second-order valence-corrected chi connectivity index (χ2v) is 4.78. The molecule has 0 radical (unpaired) electrons. The van der Waals surface area contributed by atoms with E-state index in [1.807, 2.05) is 6.92 Å². The zero-order valence-corrected chi connectivity index (χ0v) is 11.1. The number of rotatable bonds is 6. The monoisotopic (exact) mass is 257 g/mol. The maximum absolute atomic E-state index is 11.9. The number of carboxylic acids is 1. The highest BCUT2D eigenvalue weighted by molar-refractivity contribution is 5.77. The number of carboxylic acid groups (broad SMARTS) is 1. The minimum absolute atomic E-state index is 0.0315. The predicted molar refractivity (Wildman–Crippen MR) is 67.5 cm³/mol. The second kappa shape index (κ2) is 7.95. The Hall–Kier alpha value is -1.26. The molecule has 5 heteroatoms. The van der Waals surface area contributed by atoms with E-state index in [1.54, 1.807) is 0 Å². The molecule has 1 saturated carbocycles. The zero-order chi connectivity index (χ0) is 13.4. The molecule has 0 bridgehead atoms. The van der Waals surface area contributed by atoms with Crippen LogP contribution < -0.4 is 0 Å². The third-order valence-electron chi connectivity index (χ3n) is 3.28. The molecule has 1 amide bonds. The van der Waals surface area contributed by atoms with Crippen LogP contribution in [0.3, 0.4) is 0 Å². The number of aliphatic carboxylic acids is 1. The number of carbonyl (C=O) groups is 2. The molecule has 1 rings (SSSR count). The summed E-state index contributed by atoms with van der Waals surface area (Å²) in [6.45, 7) is 2.14. The lowest BCUT2D eigenvalue weighted by molar-refractivity contribution is -0.138. The van der Waals surface area contributed by atoms with Crippen molar-refractivity contribution in [3.05, 3.63) is 0 Å². The van der Waals surface area contributed by atoms with Gasteiger partial charge >= 0.3 is 12.1 Å². The van der Waals surface area contributed by atoms with Crippen LogP contribution in [-0.2, 0) is 9.53 Å². The number of amides is 1. The van der Waals surface area contributed by atoms with E-state index in [2.05, 4.69) is 0 Å². The first kappa shape index (κ1) is 14.8. The van der Waals surface area contributed by atoms with Crippen molar-refractivity contribution in [2.75, 3.05) is 13.2 Å². The molecule has 1 fully saturated rings. The van der Waals surface area contributed by atoms with Crippen molar-refractivity contribution in [2.45, 2.75) is 57.9 Å². The maximum Gasteiger partial charge on any atom is 0.410 e. The smallest absolute Gasteiger partial charge is 0.410 e. The van der Waals surface area contributed by atoms with Gasteiger partial charge in [-0.05, 0) is 19.3 Å². The Morgan fingerprint density at radius 2 is 1.94 bits per heavy atom. The molecular weight excluding hydrogens is 234 g/mol. The molecule has 0 atom stereocenters. The van der Waals surface area contributed by atoms with Gasteiger partial charge in [-0.15, -0.1) is 0 Å². The third kappa shape index (κ3) is 4.94. The minimum Gasteiger partial charge on any atom is -0.480 e. The molecule has 1 aliphatic carbocycles. The topological polar surface area (TPSA) is 66.8 Å². The van der Waals surface area contributed by atoms with Gasteiger partial charge in [0.05, 0.1) is 6.61 Å². The van der Waals surface area contributed by atoms with E-state index in [9.17, 15) is 9.59 Å². The fraction of sp³-hybridized carbons (Fsp3) is 0.846. The first-order valence-corrected chi connectivity index (χ1v) is 6.80. The summed E-state index contributed by atoms with van der Waals surface area (Å²) in [5.74, 6) is -0.979. The summed E-state index contributed by atoms with van der Waals surface area (Å²) in [5, 5.41) is 8.89. The van der Waals surface area contributed by atoms with Gasteiger partial charge in [-0.3, -0.25) is 9.69 Å². The Balaban J connectivity index is 2.52. The Labute approximate surface area is 108 Å². The molecule has 18 heavy (non-hydrogen) atoms. The van der Waals surface area contributed by atoms with Crippen molar-refractivity contribution >= 4 is 12.1 Å². The van der Waals surface area contributed by atoms with Gasteiger partial charge in [0.25, 0.3) is 0 Å². The molecule has 0 aromatic carbocycles. The van der Waals surface area contributed by atoms with E-state index in [0.29, 0.717) is 6.61 Å².